The Kier molecular flexibility index (Phi) is 16.9. The van der Waals surface area contributed by atoms with Gasteiger partial charge in [0.2, 0.25) is 0 Å². The lowest BCUT2D eigenvalue weighted by atomic mass is 10.1. The number of rotatable bonds is 15. The largest absolute Gasteiger partial charge is 0.254 e. The summed E-state index contributed by atoms with van der Waals surface area (Å²) in [5, 5.41) is 0. The van der Waals surface area contributed by atoms with E-state index < -0.39 is 0 Å². The summed E-state index contributed by atoms with van der Waals surface area (Å²) in [5.41, 5.74) is 4.75. The third-order valence-electron chi connectivity index (χ3n) is 4.93. The van der Waals surface area contributed by atoms with Crippen molar-refractivity contribution < 1.29 is 0 Å². The molecule has 1 aromatic carbocycles. The molecule has 1 aromatic rings. The third kappa shape index (κ3) is 15.5. The van der Waals surface area contributed by atoms with E-state index in [4.69, 9.17) is 4.99 Å². The average Bonchev–Trinajstić information content (AvgIpc) is 2.78. The summed E-state index contributed by atoms with van der Waals surface area (Å²) in [6.07, 6.45) is 35.0. The lowest BCUT2D eigenvalue weighted by Gasteiger charge is -2.02. The Morgan fingerprint density at radius 3 is 1.62 bits per heavy atom. The van der Waals surface area contributed by atoms with Crippen LogP contribution in [-0.4, -0.2) is 5.45 Å². The van der Waals surface area contributed by atoms with Gasteiger partial charge in [0, 0.05) is 5.45 Å². The smallest absolute Gasteiger partial charge is 0.0635 e. The lowest BCUT2D eigenvalue weighted by Crippen LogP contribution is -1.85. The standard InChI is InChI=1S/C30H42NP/c1-4-5-6-7-8-9-10-11-12-13-14-15-16-17-18-19-20-21-22-23-30(32)31-29-25-24-27(2)28(3)26-29/h5-6,8-9,11-12,14-15,17-18,20-21,24-26H,4,7,10,13,16,19,22-23,32H2,1-3H3/b6-5-,9-8-,12-11-,15-14-,18-17-,21-20-,31-30?. The van der Waals surface area contributed by atoms with Gasteiger partial charge in [0.05, 0.1) is 5.69 Å². The molecule has 0 aromatic heterocycles. The topological polar surface area (TPSA) is 12.4 Å². The predicted octanol–water partition coefficient (Wildman–Crippen LogP) is 9.69. The molecule has 0 heterocycles. The highest BCUT2D eigenvalue weighted by atomic mass is 31.0. The summed E-state index contributed by atoms with van der Waals surface area (Å²) in [5.74, 6) is 0. The molecule has 0 bridgehead atoms. The quantitative estimate of drug-likeness (QED) is 0.144. The van der Waals surface area contributed by atoms with Crippen LogP contribution in [0.5, 0.6) is 0 Å². The molecule has 0 N–H and O–H groups in total. The Balaban J connectivity index is 2.09. The zero-order chi connectivity index (χ0) is 23.3. The molecule has 1 atom stereocenters. The number of hydrogen-bond acceptors (Lipinski definition) is 1. The highest BCUT2D eigenvalue weighted by molar-refractivity contribution is 7.40. The summed E-state index contributed by atoms with van der Waals surface area (Å²) in [6.45, 7) is 6.43. The van der Waals surface area contributed by atoms with Crippen molar-refractivity contribution >= 4 is 20.4 Å². The van der Waals surface area contributed by atoms with Crippen LogP contribution in [0, 0.1) is 13.8 Å². The van der Waals surface area contributed by atoms with Gasteiger partial charge in [0.15, 0.2) is 0 Å². The van der Waals surface area contributed by atoms with Gasteiger partial charge in [-0.25, -0.2) is 0 Å². The van der Waals surface area contributed by atoms with Gasteiger partial charge >= 0.3 is 0 Å². The fourth-order valence-corrected chi connectivity index (χ4v) is 3.20. The van der Waals surface area contributed by atoms with Gasteiger partial charge in [-0.3, -0.25) is 4.99 Å². The van der Waals surface area contributed by atoms with Crippen molar-refractivity contribution in [2.24, 2.45) is 4.99 Å². The molecule has 0 saturated carbocycles. The van der Waals surface area contributed by atoms with Gasteiger partial charge in [-0.2, -0.15) is 0 Å². The molecule has 32 heavy (non-hydrogen) atoms. The molecule has 2 heteroatoms. The van der Waals surface area contributed by atoms with Crippen molar-refractivity contribution in [1.29, 1.82) is 0 Å². The van der Waals surface area contributed by atoms with Crippen LogP contribution in [0.4, 0.5) is 5.69 Å². The van der Waals surface area contributed by atoms with Crippen LogP contribution in [-0.2, 0) is 0 Å². The predicted molar refractivity (Wildman–Crippen MR) is 150 cm³/mol. The van der Waals surface area contributed by atoms with E-state index in [1.807, 2.05) is 0 Å². The van der Waals surface area contributed by atoms with E-state index in [1.54, 1.807) is 0 Å². The lowest BCUT2D eigenvalue weighted by molar-refractivity contribution is 1.10. The Bertz CT molecular complexity index is 834. The van der Waals surface area contributed by atoms with Gasteiger partial charge in [0.25, 0.3) is 0 Å². The van der Waals surface area contributed by atoms with Crippen LogP contribution in [0.15, 0.2) is 96.1 Å². The van der Waals surface area contributed by atoms with E-state index in [-0.39, 0.29) is 0 Å². The minimum Gasteiger partial charge on any atom is -0.254 e. The molecule has 1 nitrogen and oxygen atoms in total. The number of aryl methyl sites for hydroxylation is 2. The normalized spacial score (nSPS) is 13.4. The van der Waals surface area contributed by atoms with E-state index in [0.29, 0.717) is 0 Å². The molecule has 0 aliphatic carbocycles. The SMILES string of the molecule is CC/C=C\C/C=C\C/C=C\C/C=C\C/C=C\C/C=C\CCC(P)=Nc1ccc(C)c(C)c1. The van der Waals surface area contributed by atoms with Crippen LogP contribution >= 0.6 is 9.24 Å². The molecule has 0 saturated heterocycles. The van der Waals surface area contributed by atoms with E-state index in [2.05, 4.69) is 121 Å². The number of allylic oxidation sites excluding steroid dienone is 12. The number of nitrogens with zero attached hydrogens (tertiary/aromatic N) is 1. The zero-order valence-corrected chi connectivity index (χ0v) is 21.5. The molecule has 0 spiro atoms. The summed E-state index contributed by atoms with van der Waals surface area (Å²) in [4.78, 5) is 4.69. The van der Waals surface area contributed by atoms with Crippen molar-refractivity contribution in [2.75, 3.05) is 0 Å². The number of benzene rings is 1. The molecule has 0 amide bonds. The molecule has 1 unspecified atom stereocenters. The van der Waals surface area contributed by atoms with E-state index in [0.717, 1.165) is 62.5 Å². The number of aliphatic imine (C=N–C) groups is 1. The Hall–Kier alpha value is -2.24. The van der Waals surface area contributed by atoms with E-state index in [1.165, 1.54) is 11.1 Å². The first-order valence-corrected chi connectivity index (χ1v) is 12.5. The molecular formula is C30H42NP. The van der Waals surface area contributed by atoms with Crippen LogP contribution in [0.25, 0.3) is 0 Å². The van der Waals surface area contributed by atoms with Crippen LogP contribution in [0.1, 0.15) is 69.4 Å². The summed E-state index contributed by atoms with van der Waals surface area (Å²) in [7, 11) is 2.77. The van der Waals surface area contributed by atoms with Gasteiger partial charge in [-0.1, -0.05) is 95.1 Å². The monoisotopic (exact) mass is 447 g/mol. The maximum Gasteiger partial charge on any atom is 0.0635 e. The Labute approximate surface area is 199 Å². The summed E-state index contributed by atoms with van der Waals surface area (Å²) in [6, 6.07) is 6.37. The first-order valence-electron chi connectivity index (χ1n) is 11.9. The fourth-order valence-electron chi connectivity index (χ4n) is 2.89. The second-order valence-corrected chi connectivity index (χ2v) is 8.49. The summed E-state index contributed by atoms with van der Waals surface area (Å²) >= 11 is 0. The maximum atomic E-state index is 4.69. The van der Waals surface area contributed by atoms with Crippen molar-refractivity contribution in [3.63, 3.8) is 0 Å². The van der Waals surface area contributed by atoms with Gasteiger partial charge in [-0.15, -0.1) is 0 Å². The first-order chi connectivity index (χ1) is 15.6. The second-order valence-electron chi connectivity index (χ2n) is 7.83. The molecule has 172 valence electrons. The maximum absolute atomic E-state index is 4.69. The molecular weight excluding hydrogens is 405 g/mol. The molecule has 0 aliphatic heterocycles. The van der Waals surface area contributed by atoms with Crippen LogP contribution in [0.2, 0.25) is 0 Å². The fraction of sp³-hybridized carbons (Fsp3) is 0.367. The molecule has 0 fully saturated rings. The Morgan fingerprint density at radius 1 is 0.688 bits per heavy atom. The average molecular weight is 448 g/mol. The minimum absolute atomic E-state index is 0.972. The van der Waals surface area contributed by atoms with Crippen molar-refractivity contribution in [3.05, 3.63) is 102 Å². The van der Waals surface area contributed by atoms with Crippen molar-refractivity contribution in [1.82, 2.24) is 0 Å². The van der Waals surface area contributed by atoms with Gasteiger partial charge < -0.3 is 0 Å². The van der Waals surface area contributed by atoms with E-state index in [9.17, 15) is 0 Å². The second kappa shape index (κ2) is 19.4. The van der Waals surface area contributed by atoms with Gasteiger partial charge in [0.1, 0.15) is 0 Å². The molecule has 0 radical (unpaired) electrons. The van der Waals surface area contributed by atoms with Crippen LogP contribution < -0.4 is 0 Å². The zero-order valence-electron chi connectivity index (χ0n) is 20.3. The Morgan fingerprint density at radius 2 is 1.16 bits per heavy atom. The third-order valence-corrected chi connectivity index (χ3v) is 5.34. The first kappa shape index (κ1) is 27.8. The highest BCUT2D eigenvalue weighted by Crippen LogP contribution is 2.19. The van der Waals surface area contributed by atoms with Gasteiger partial charge in [-0.05, 0) is 88.5 Å². The highest BCUT2D eigenvalue weighted by Gasteiger charge is 1.96. The molecule has 0 aliphatic rings. The number of hydrogen-bond donors (Lipinski definition) is 0. The summed E-state index contributed by atoms with van der Waals surface area (Å²) < 4.78 is 0. The van der Waals surface area contributed by atoms with Crippen molar-refractivity contribution in [2.45, 2.75) is 72.1 Å². The minimum atomic E-state index is 0.972. The van der Waals surface area contributed by atoms with Crippen LogP contribution in [0.3, 0.4) is 0 Å². The van der Waals surface area contributed by atoms with Crippen molar-refractivity contribution in [3.8, 4) is 0 Å². The van der Waals surface area contributed by atoms with E-state index >= 15 is 0 Å². The molecule has 1 rings (SSSR count).